The van der Waals surface area contributed by atoms with Gasteiger partial charge in [0.2, 0.25) is 0 Å². The summed E-state index contributed by atoms with van der Waals surface area (Å²) in [5.41, 5.74) is -1.28. The first-order valence-corrected chi connectivity index (χ1v) is 6.00. The van der Waals surface area contributed by atoms with Gasteiger partial charge >= 0.3 is 11.9 Å². The molecule has 6 heteroatoms. The van der Waals surface area contributed by atoms with Gasteiger partial charge in [0.1, 0.15) is 16.8 Å². The lowest BCUT2D eigenvalue weighted by atomic mass is 10.1. The number of aromatic amines is 1. The van der Waals surface area contributed by atoms with Crippen molar-refractivity contribution in [2.24, 2.45) is 0 Å². The minimum Gasteiger partial charge on any atom is -0.456 e. The Kier molecular flexibility index (Phi) is 4.03. The third-order valence-electron chi connectivity index (χ3n) is 1.85. The summed E-state index contributed by atoms with van der Waals surface area (Å²) < 4.78 is 10.4. The van der Waals surface area contributed by atoms with Crippen LogP contribution in [0.1, 0.15) is 62.4 Å². The summed E-state index contributed by atoms with van der Waals surface area (Å²) >= 11 is 0. The number of hydrogen-bond acceptors (Lipinski definition) is 5. The molecular formula is C13H20N2O4. The van der Waals surface area contributed by atoms with Crippen LogP contribution < -0.4 is 0 Å². The number of nitrogens with one attached hydrogen (secondary N) is 1. The molecule has 0 bridgehead atoms. The largest absolute Gasteiger partial charge is 0.456 e. The van der Waals surface area contributed by atoms with E-state index in [4.69, 9.17) is 9.47 Å². The molecule has 0 amide bonds. The van der Waals surface area contributed by atoms with Gasteiger partial charge in [-0.2, -0.15) is 5.10 Å². The normalized spacial score (nSPS) is 12.1. The Balaban J connectivity index is 2.92. The molecule has 0 radical (unpaired) electrons. The van der Waals surface area contributed by atoms with Crippen molar-refractivity contribution in [2.45, 2.75) is 52.7 Å². The summed E-state index contributed by atoms with van der Waals surface area (Å²) in [5, 5.41) is 6.23. The zero-order valence-electron chi connectivity index (χ0n) is 12.2. The Morgan fingerprint density at radius 1 is 1.00 bits per heavy atom. The number of H-pyrrole nitrogens is 1. The van der Waals surface area contributed by atoms with Gasteiger partial charge in [0.05, 0.1) is 0 Å². The minimum atomic E-state index is -0.658. The molecule has 0 saturated heterocycles. The van der Waals surface area contributed by atoms with Crippen LogP contribution in [0.3, 0.4) is 0 Å². The van der Waals surface area contributed by atoms with Crippen molar-refractivity contribution in [1.29, 1.82) is 0 Å². The van der Waals surface area contributed by atoms with Crippen LogP contribution in [0.5, 0.6) is 0 Å². The van der Waals surface area contributed by atoms with E-state index in [0.29, 0.717) is 0 Å². The Labute approximate surface area is 112 Å². The molecule has 0 spiro atoms. The average molecular weight is 268 g/mol. The lowest BCUT2D eigenvalue weighted by Gasteiger charge is -2.20. The molecular weight excluding hydrogens is 248 g/mol. The first-order chi connectivity index (χ1) is 8.49. The summed E-state index contributed by atoms with van der Waals surface area (Å²) in [6, 6.07) is 0. The zero-order chi connectivity index (χ0) is 14.8. The van der Waals surface area contributed by atoms with E-state index in [0.717, 1.165) is 0 Å². The van der Waals surface area contributed by atoms with Gasteiger partial charge in [0, 0.05) is 6.20 Å². The monoisotopic (exact) mass is 268 g/mol. The topological polar surface area (TPSA) is 81.3 Å². The predicted molar refractivity (Wildman–Crippen MR) is 68.9 cm³/mol. The summed E-state index contributed by atoms with van der Waals surface area (Å²) in [6.07, 6.45) is 1.33. The van der Waals surface area contributed by atoms with E-state index in [2.05, 4.69) is 10.2 Å². The van der Waals surface area contributed by atoms with Gasteiger partial charge in [0.25, 0.3) is 0 Å². The standard InChI is InChI=1S/C13H20N2O4/c1-12(2,3)18-10(16)8-7-14-15-9(8)11(17)19-13(4,5)6/h7H,1-6H3,(H,14,15). The number of nitrogens with zero attached hydrogens (tertiary/aromatic N) is 1. The van der Waals surface area contributed by atoms with Crippen LogP contribution >= 0.6 is 0 Å². The SMILES string of the molecule is CC(C)(C)OC(=O)c1c[nH]nc1C(=O)OC(C)(C)C. The summed E-state index contributed by atoms with van der Waals surface area (Å²) in [5.74, 6) is -1.27. The number of ether oxygens (including phenoxy) is 2. The third kappa shape index (κ3) is 4.73. The van der Waals surface area contributed by atoms with Crippen LogP contribution in [-0.2, 0) is 9.47 Å². The molecule has 1 aromatic rings. The maximum absolute atomic E-state index is 11.9. The van der Waals surface area contributed by atoms with Crippen LogP contribution in [0.2, 0.25) is 0 Å². The second-order valence-electron chi connectivity index (χ2n) is 6.15. The van der Waals surface area contributed by atoms with E-state index < -0.39 is 23.1 Å². The second kappa shape index (κ2) is 5.03. The molecule has 0 atom stereocenters. The van der Waals surface area contributed by atoms with Crippen LogP contribution in [0.15, 0.2) is 6.20 Å². The van der Waals surface area contributed by atoms with Gasteiger partial charge in [-0.15, -0.1) is 0 Å². The molecule has 6 nitrogen and oxygen atoms in total. The zero-order valence-corrected chi connectivity index (χ0v) is 12.2. The Bertz CT molecular complexity index is 435. The summed E-state index contributed by atoms with van der Waals surface area (Å²) in [7, 11) is 0. The van der Waals surface area contributed by atoms with Crippen LogP contribution in [0.25, 0.3) is 0 Å². The highest BCUT2D eigenvalue weighted by atomic mass is 16.6. The maximum Gasteiger partial charge on any atom is 0.360 e. The molecule has 19 heavy (non-hydrogen) atoms. The van der Waals surface area contributed by atoms with E-state index in [-0.39, 0.29) is 11.3 Å². The van der Waals surface area contributed by atoms with Crippen molar-refractivity contribution in [3.8, 4) is 0 Å². The lowest BCUT2D eigenvalue weighted by Crippen LogP contribution is -2.27. The van der Waals surface area contributed by atoms with Crippen LogP contribution in [0, 0.1) is 0 Å². The molecule has 0 unspecified atom stereocenters. The van der Waals surface area contributed by atoms with E-state index in [9.17, 15) is 9.59 Å². The van der Waals surface area contributed by atoms with Gasteiger partial charge in [-0.25, -0.2) is 9.59 Å². The molecule has 106 valence electrons. The maximum atomic E-state index is 11.9. The molecule has 0 aliphatic carbocycles. The Morgan fingerprint density at radius 3 is 1.95 bits per heavy atom. The van der Waals surface area contributed by atoms with Gasteiger partial charge in [0.15, 0.2) is 5.69 Å². The van der Waals surface area contributed by atoms with Gasteiger partial charge in [-0.05, 0) is 41.5 Å². The molecule has 0 saturated carbocycles. The number of hydrogen-bond donors (Lipinski definition) is 1. The van der Waals surface area contributed by atoms with Crippen molar-refractivity contribution in [2.75, 3.05) is 0 Å². The highest BCUT2D eigenvalue weighted by Gasteiger charge is 2.28. The van der Waals surface area contributed by atoms with E-state index in [1.807, 2.05) is 0 Å². The van der Waals surface area contributed by atoms with Crippen molar-refractivity contribution in [1.82, 2.24) is 10.2 Å². The van der Waals surface area contributed by atoms with Gasteiger partial charge < -0.3 is 9.47 Å². The molecule has 1 rings (SSSR count). The lowest BCUT2D eigenvalue weighted by molar-refractivity contribution is 0.00154. The number of rotatable bonds is 2. The molecule has 0 aliphatic rings. The van der Waals surface area contributed by atoms with Crippen LogP contribution in [0.4, 0.5) is 0 Å². The van der Waals surface area contributed by atoms with E-state index in [1.165, 1.54) is 6.20 Å². The quantitative estimate of drug-likeness (QED) is 0.832. The van der Waals surface area contributed by atoms with Crippen LogP contribution in [-0.4, -0.2) is 33.3 Å². The Hall–Kier alpha value is -1.85. The Morgan fingerprint density at radius 2 is 1.47 bits per heavy atom. The molecule has 0 aliphatic heterocycles. The molecule has 1 aromatic heterocycles. The van der Waals surface area contributed by atoms with E-state index >= 15 is 0 Å². The number of esters is 2. The van der Waals surface area contributed by atoms with Gasteiger partial charge in [-0.1, -0.05) is 0 Å². The fourth-order valence-corrected chi connectivity index (χ4v) is 1.26. The number of aromatic nitrogens is 2. The average Bonchev–Trinajstić information content (AvgIpc) is 2.59. The first-order valence-electron chi connectivity index (χ1n) is 6.00. The van der Waals surface area contributed by atoms with Crippen molar-refractivity contribution < 1.29 is 19.1 Å². The highest BCUT2D eigenvalue weighted by molar-refractivity contribution is 6.01. The smallest absolute Gasteiger partial charge is 0.360 e. The molecule has 0 aromatic carbocycles. The highest BCUT2D eigenvalue weighted by Crippen LogP contribution is 2.17. The molecule has 1 N–H and O–H groups in total. The molecule has 1 heterocycles. The van der Waals surface area contributed by atoms with E-state index in [1.54, 1.807) is 41.5 Å². The van der Waals surface area contributed by atoms with Gasteiger partial charge in [-0.3, -0.25) is 5.10 Å². The van der Waals surface area contributed by atoms with Crippen molar-refractivity contribution >= 4 is 11.9 Å². The third-order valence-corrected chi connectivity index (χ3v) is 1.85. The summed E-state index contributed by atoms with van der Waals surface area (Å²) in [6.45, 7) is 10.5. The van der Waals surface area contributed by atoms with Crippen molar-refractivity contribution in [3.63, 3.8) is 0 Å². The number of carbonyl (C=O) groups excluding carboxylic acids is 2. The minimum absolute atomic E-state index is 0.0656. The first kappa shape index (κ1) is 15.2. The predicted octanol–water partition coefficient (Wildman–Crippen LogP) is 2.32. The van der Waals surface area contributed by atoms with Crippen molar-refractivity contribution in [3.05, 3.63) is 17.5 Å². The second-order valence-corrected chi connectivity index (χ2v) is 6.15. The molecule has 0 fully saturated rings. The summed E-state index contributed by atoms with van der Waals surface area (Å²) in [4.78, 5) is 23.8. The fourth-order valence-electron chi connectivity index (χ4n) is 1.26. The number of carbonyl (C=O) groups is 2. The fraction of sp³-hybridized carbons (Fsp3) is 0.615.